The smallest absolute Gasteiger partial charge is 0.258 e. The van der Waals surface area contributed by atoms with Crippen LogP contribution in [0.5, 0.6) is 0 Å². The van der Waals surface area contributed by atoms with Crippen molar-refractivity contribution in [2.24, 2.45) is 0 Å². The number of hydrogen-bond donors (Lipinski definition) is 0. The molecule has 0 atom stereocenters. The van der Waals surface area contributed by atoms with Gasteiger partial charge in [-0.15, -0.1) is 0 Å². The molecule has 7 nitrogen and oxygen atoms in total. The van der Waals surface area contributed by atoms with Crippen molar-refractivity contribution in [3.63, 3.8) is 0 Å². The SMILES string of the molecule is O=[N+]([O-])c1cnc(N2CCCS2(=O)=O)c(Cl)c1. The summed E-state index contributed by atoms with van der Waals surface area (Å²) in [6.45, 7) is 0.298. The van der Waals surface area contributed by atoms with E-state index in [1.54, 1.807) is 0 Å². The van der Waals surface area contributed by atoms with E-state index < -0.39 is 14.9 Å². The second kappa shape index (κ2) is 4.11. The normalized spacial score (nSPS) is 18.3. The van der Waals surface area contributed by atoms with E-state index in [1.807, 2.05) is 0 Å². The zero-order chi connectivity index (χ0) is 12.6. The molecule has 0 bridgehead atoms. The molecule has 2 rings (SSSR count). The summed E-state index contributed by atoms with van der Waals surface area (Å²) in [6.07, 6.45) is 1.49. The number of hydrogen-bond acceptors (Lipinski definition) is 5. The maximum absolute atomic E-state index is 11.6. The van der Waals surface area contributed by atoms with Crippen molar-refractivity contribution in [3.8, 4) is 0 Å². The van der Waals surface area contributed by atoms with Gasteiger partial charge in [-0.3, -0.25) is 14.4 Å². The van der Waals surface area contributed by atoms with Crippen molar-refractivity contribution in [2.75, 3.05) is 16.6 Å². The largest absolute Gasteiger partial charge is 0.289 e. The van der Waals surface area contributed by atoms with Crippen LogP contribution in [0.4, 0.5) is 11.5 Å². The molecule has 1 saturated heterocycles. The van der Waals surface area contributed by atoms with Crippen molar-refractivity contribution in [1.82, 2.24) is 4.98 Å². The highest BCUT2D eigenvalue weighted by atomic mass is 35.5. The van der Waals surface area contributed by atoms with Crippen LogP contribution >= 0.6 is 11.6 Å². The molecule has 0 saturated carbocycles. The summed E-state index contributed by atoms with van der Waals surface area (Å²) in [5.74, 6) is 0.0944. The third kappa shape index (κ3) is 2.18. The highest BCUT2D eigenvalue weighted by Gasteiger charge is 2.31. The molecule has 1 aromatic heterocycles. The first-order chi connectivity index (χ1) is 7.92. The molecular weight excluding hydrogens is 270 g/mol. The average Bonchev–Trinajstić information content (AvgIpc) is 2.58. The standard InChI is InChI=1S/C8H8ClN3O4S/c9-7-4-6(12(13)14)5-10-8(7)11-2-1-3-17(11,15)16/h4-5H,1-3H2. The Kier molecular flexibility index (Phi) is 2.92. The second-order valence-corrected chi connectivity index (χ2v) is 5.92. The van der Waals surface area contributed by atoms with Crippen LogP contribution in [0.1, 0.15) is 6.42 Å². The van der Waals surface area contributed by atoms with Crippen LogP contribution in [0.15, 0.2) is 12.3 Å². The van der Waals surface area contributed by atoms with Gasteiger partial charge in [0.15, 0.2) is 5.82 Å². The minimum atomic E-state index is -3.38. The van der Waals surface area contributed by atoms with Gasteiger partial charge in [-0.1, -0.05) is 11.6 Å². The van der Waals surface area contributed by atoms with Crippen LogP contribution in [0, 0.1) is 10.1 Å². The number of rotatable bonds is 2. The lowest BCUT2D eigenvalue weighted by molar-refractivity contribution is -0.385. The van der Waals surface area contributed by atoms with Gasteiger partial charge in [-0.25, -0.2) is 13.4 Å². The van der Waals surface area contributed by atoms with Gasteiger partial charge in [0.2, 0.25) is 10.0 Å². The maximum Gasteiger partial charge on any atom is 0.289 e. The lowest BCUT2D eigenvalue weighted by atomic mass is 10.4. The van der Waals surface area contributed by atoms with E-state index in [0.29, 0.717) is 13.0 Å². The van der Waals surface area contributed by atoms with Gasteiger partial charge in [0.1, 0.15) is 6.20 Å². The number of halogens is 1. The number of aromatic nitrogens is 1. The van der Waals surface area contributed by atoms with Crippen LogP contribution in [0.2, 0.25) is 5.02 Å². The third-order valence-electron chi connectivity index (χ3n) is 2.35. The van der Waals surface area contributed by atoms with Gasteiger partial charge < -0.3 is 0 Å². The van der Waals surface area contributed by atoms with Crippen molar-refractivity contribution < 1.29 is 13.3 Å². The molecule has 0 unspecified atom stereocenters. The minimum absolute atomic E-state index is 0.0373. The molecule has 17 heavy (non-hydrogen) atoms. The van der Waals surface area contributed by atoms with Gasteiger partial charge in [0.05, 0.1) is 15.7 Å². The topological polar surface area (TPSA) is 93.4 Å². The molecule has 92 valence electrons. The number of sulfonamides is 1. The predicted molar refractivity (Wildman–Crippen MR) is 61.7 cm³/mol. The predicted octanol–water partition coefficient (Wildman–Crippen LogP) is 1.18. The zero-order valence-electron chi connectivity index (χ0n) is 8.54. The van der Waals surface area contributed by atoms with E-state index in [2.05, 4.69) is 4.98 Å². The molecular formula is C8H8ClN3O4S. The Labute approximate surface area is 102 Å². The molecule has 1 aromatic rings. The molecule has 9 heteroatoms. The lowest BCUT2D eigenvalue weighted by Gasteiger charge is -2.16. The fraction of sp³-hybridized carbons (Fsp3) is 0.375. The lowest BCUT2D eigenvalue weighted by Crippen LogP contribution is -2.26. The maximum atomic E-state index is 11.6. The third-order valence-corrected chi connectivity index (χ3v) is 4.46. The van der Waals surface area contributed by atoms with Gasteiger partial charge in [-0.05, 0) is 6.42 Å². The second-order valence-electron chi connectivity index (χ2n) is 3.50. The van der Waals surface area contributed by atoms with E-state index in [-0.39, 0.29) is 22.3 Å². The summed E-state index contributed by atoms with van der Waals surface area (Å²) < 4.78 is 24.3. The first kappa shape index (κ1) is 12.1. The summed E-state index contributed by atoms with van der Waals surface area (Å²) in [4.78, 5) is 13.6. The van der Waals surface area contributed by atoms with E-state index in [4.69, 9.17) is 11.6 Å². The van der Waals surface area contributed by atoms with E-state index in [1.165, 1.54) is 0 Å². The summed E-state index contributed by atoms with van der Waals surface area (Å²) in [6, 6.07) is 1.09. The summed E-state index contributed by atoms with van der Waals surface area (Å²) >= 11 is 5.81. The van der Waals surface area contributed by atoms with Crippen LogP contribution in [-0.2, 0) is 10.0 Å². The number of anilines is 1. The molecule has 0 aromatic carbocycles. The molecule has 0 amide bonds. The first-order valence-corrected chi connectivity index (χ1v) is 6.71. The van der Waals surface area contributed by atoms with Gasteiger partial charge >= 0.3 is 0 Å². The number of nitrogens with zero attached hydrogens (tertiary/aromatic N) is 3. The quantitative estimate of drug-likeness (QED) is 0.598. The Balaban J connectivity index is 2.44. The molecule has 0 N–H and O–H groups in total. The van der Waals surface area contributed by atoms with E-state index in [0.717, 1.165) is 16.6 Å². The Morgan fingerprint density at radius 1 is 1.53 bits per heavy atom. The summed E-state index contributed by atoms with van der Waals surface area (Å²) in [5.41, 5.74) is -0.268. The minimum Gasteiger partial charge on any atom is -0.258 e. The van der Waals surface area contributed by atoms with Crippen molar-refractivity contribution >= 4 is 33.1 Å². The Hall–Kier alpha value is -1.41. The average molecular weight is 278 g/mol. The highest BCUT2D eigenvalue weighted by molar-refractivity contribution is 7.93. The molecule has 1 aliphatic heterocycles. The molecule has 2 heterocycles. The Bertz CT molecular complexity index is 574. The zero-order valence-corrected chi connectivity index (χ0v) is 10.1. The molecule has 1 fully saturated rings. The number of pyridine rings is 1. The monoisotopic (exact) mass is 277 g/mol. The molecule has 0 spiro atoms. The van der Waals surface area contributed by atoms with E-state index in [9.17, 15) is 18.5 Å². The number of nitro groups is 1. The molecule has 0 radical (unpaired) electrons. The highest BCUT2D eigenvalue weighted by Crippen LogP contribution is 2.31. The molecule has 1 aliphatic rings. The summed E-state index contributed by atoms with van der Waals surface area (Å²) in [5, 5.41) is 10.5. The van der Waals surface area contributed by atoms with Crippen molar-refractivity contribution in [2.45, 2.75) is 6.42 Å². The van der Waals surface area contributed by atoms with Crippen molar-refractivity contribution in [1.29, 1.82) is 0 Å². The Morgan fingerprint density at radius 3 is 2.71 bits per heavy atom. The summed E-state index contributed by atoms with van der Waals surface area (Å²) in [7, 11) is -3.38. The van der Waals surface area contributed by atoms with Crippen molar-refractivity contribution in [3.05, 3.63) is 27.4 Å². The van der Waals surface area contributed by atoms with Gasteiger partial charge in [-0.2, -0.15) is 0 Å². The van der Waals surface area contributed by atoms with E-state index >= 15 is 0 Å². The van der Waals surface area contributed by atoms with Crippen LogP contribution in [0.3, 0.4) is 0 Å². The first-order valence-electron chi connectivity index (χ1n) is 4.72. The fourth-order valence-electron chi connectivity index (χ4n) is 1.58. The molecule has 0 aliphatic carbocycles. The van der Waals surface area contributed by atoms with Crippen LogP contribution < -0.4 is 4.31 Å². The fourth-order valence-corrected chi connectivity index (χ4v) is 3.42. The van der Waals surface area contributed by atoms with Crippen LogP contribution in [-0.4, -0.2) is 30.6 Å². The Morgan fingerprint density at radius 2 is 2.24 bits per heavy atom. The van der Waals surface area contributed by atoms with Crippen LogP contribution in [0.25, 0.3) is 0 Å². The van der Waals surface area contributed by atoms with Gasteiger partial charge in [0.25, 0.3) is 5.69 Å². The van der Waals surface area contributed by atoms with Gasteiger partial charge in [0, 0.05) is 12.6 Å².